The van der Waals surface area contributed by atoms with E-state index in [4.69, 9.17) is 5.11 Å². The minimum atomic E-state index is -0.764. The largest absolute Gasteiger partial charge is 0.481 e. The summed E-state index contributed by atoms with van der Waals surface area (Å²) in [5, 5.41) is 8.54. The van der Waals surface area contributed by atoms with Crippen molar-refractivity contribution in [2.75, 3.05) is 0 Å². The first kappa shape index (κ1) is 9.24. The van der Waals surface area contributed by atoms with E-state index >= 15 is 0 Å². The Morgan fingerprint density at radius 2 is 2.21 bits per heavy atom. The number of imidazole rings is 1. The third-order valence-corrected chi connectivity index (χ3v) is 2.58. The molecule has 0 unspecified atom stereocenters. The number of carbonyl (C=O) groups is 1. The quantitative estimate of drug-likeness (QED) is 0.762. The van der Waals surface area contributed by atoms with Crippen LogP contribution < -0.4 is 0 Å². The lowest BCUT2D eigenvalue weighted by Gasteiger charge is -2.07. The summed E-state index contributed by atoms with van der Waals surface area (Å²) in [5.41, 5.74) is 2.37. The molecule has 0 aromatic carbocycles. The summed E-state index contributed by atoms with van der Waals surface area (Å²) in [6, 6.07) is 0. The van der Waals surface area contributed by atoms with E-state index in [1.54, 1.807) is 0 Å². The summed E-state index contributed by atoms with van der Waals surface area (Å²) in [4.78, 5) is 18.0. The van der Waals surface area contributed by atoms with Gasteiger partial charge in [0.25, 0.3) is 0 Å². The van der Waals surface area contributed by atoms with Crippen LogP contribution in [-0.4, -0.2) is 21.0 Å². The van der Waals surface area contributed by atoms with Gasteiger partial charge in [0.05, 0.1) is 12.1 Å². The smallest absolute Gasteiger partial charge is 0.303 e. The van der Waals surface area contributed by atoms with Crippen LogP contribution in [0.25, 0.3) is 0 Å². The van der Waals surface area contributed by atoms with E-state index in [2.05, 4.69) is 9.97 Å². The van der Waals surface area contributed by atoms with Crippen molar-refractivity contribution >= 4 is 5.97 Å². The number of carboxylic acids is 1. The normalized spacial score (nSPS) is 15.1. The number of hydrogen-bond donors (Lipinski definition) is 2. The fourth-order valence-electron chi connectivity index (χ4n) is 1.86. The molecule has 0 aliphatic heterocycles. The molecule has 0 amide bonds. The minimum absolute atomic E-state index is 0.159. The molecule has 14 heavy (non-hydrogen) atoms. The van der Waals surface area contributed by atoms with Gasteiger partial charge >= 0.3 is 5.97 Å². The molecule has 1 aromatic heterocycles. The molecule has 1 heterocycles. The van der Waals surface area contributed by atoms with Crippen LogP contribution in [0.15, 0.2) is 0 Å². The Morgan fingerprint density at radius 3 is 2.93 bits per heavy atom. The number of carboxylic acid groups (broad SMARTS) is 1. The first-order chi connectivity index (χ1) is 6.75. The fourth-order valence-corrected chi connectivity index (χ4v) is 1.86. The number of rotatable bonds is 3. The van der Waals surface area contributed by atoms with Crippen molar-refractivity contribution < 1.29 is 9.90 Å². The third-order valence-electron chi connectivity index (χ3n) is 2.58. The molecule has 4 heteroatoms. The molecule has 0 radical (unpaired) electrons. The number of aryl methyl sites for hydroxylation is 3. The topological polar surface area (TPSA) is 66.0 Å². The summed E-state index contributed by atoms with van der Waals surface area (Å²) in [6.07, 6.45) is 5.20. The van der Waals surface area contributed by atoms with E-state index in [1.165, 1.54) is 18.5 Å². The van der Waals surface area contributed by atoms with Crippen LogP contribution in [0.2, 0.25) is 0 Å². The molecule has 2 N–H and O–H groups in total. The van der Waals surface area contributed by atoms with Gasteiger partial charge in [-0.15, -0.1) is 0 Å². The summed E-state index contributed by atoms with van der Waals surface area (Å²) >= 11 is 0. The van der Waals surface area contributed by atoms with Crippen molar-refractivity contribution in [2.24, 2.45) is 0 Å². The molecule has 0 bridgehead atoms. The molecule has 1 aliphatic carbocycles. The molecule has 1 aromatic rings. The number of hydrogen-bond acceptors (Lipinski definition) is 2. The van der Waals surface area contributed by atoms with Crippen LogP contribution in [0.1, 0.15) is 36.5 Å². The van der Waals surface area contributed by atoms with Gasteiger partial charge in [-0.2, -0.15) is 0 Å². The van der Waals surface area contributed by atoms with Crippen LogP contribution in [0.4, 0.5) is 0 Å². The van der Waals surface area contributed by atoms with E-state index in [0.717, 1.165) is 24.4 Å². The molecule has 0 saturated carbocycles. The number of H-pyrrole nitrogens is 1. The van der Waals surface area contributed by atoms with Crippen LogP contribution in [0.5, 0.6) is 0 Å². The number of aromatic nitrogens is 2. The summed E-state index contributed by atoms with van der Waals surface area (Å²) in [6.45, 7) is 0. The Morgan fingerprint density at radius 1 is 1.43 bits per heavy atom. The van der Waals surface area contributed by atoms with E-state index < -0.39 is 5.97 Å². The summed E-state index contributed by atoms with van der Waals surface area (Å²) < 4.78 is 0. The molecule has 2 rings (SSSR count). The van der Waals surface area contributed by atoms with E-state index in [1.807, 2.05) is 0 Å². The van der Waals surface area contributed by atoms with Crippen molar-refractivity contribution in [1.29, 1.82) is 0 Å². The third kappa shape index (κ3) is 1.95. The van der Waals surface area contributed by atoms with Crippen molar-refractivity contribution in [3.05, 3.63) is 17.2 Å². The van der Waals surface area contributed by atoms with Crippen molar-refractivity contribution in [2.45, 2.75) is 38.5 Å². The van der Waals surface area contributed by atoms with Gasteiger partial charge in [0.2, 0.25) is 0 Å². The van der Waals surface area contributed by atoms with Crippen molar-refractivity contribution in [1.82, 2.24) is 9.97 Å². The van der Waals surface area contributed by atoms with Crippen LogP contribution in [-0.2, 0) is 24.1 Å². The van der Waals surface area contributed by atoms with Gasteiger partial charge in [-0.1, -0.05) is 0 Å². The average molecular weight is 194 g/mol. The number of nitrogens with one attached hydrogen (secondary N) is 1. The second-order valence-corrected chi connectivity index (χ2v) is 3.71. The molecule has 0 fully saturated rings. The van der Waals surface area contributed by atoms with Gasteiger partial charge < -0.3 is 10.1 Å². The minimum Gasteiger partial charge on any atom is -0.481 e. The van der Waals surface area contributed by atoms with Crippen molar-refractivity contribution in [3.8, 4) is 0 Å². The van der Waals surface area contributed by atoms with Crippen molar-refractivity contribution in [3.63, 3.8) is 0 Å². The monoisotopic (exact) mass is 194 g/mol. The fraction of sp³-hybridized carbons (Fsp3) is 0.600. The standard InChI is InChI=1S/C10H14N2O2/c13-10(14)6-5-9-11-7-3-1-2-4-8(7)12-9/h1-6H2,(H,11,12)(H,13,14). The second-order valence-electron chi connectivity index (χ2n) is 3.71. The van der Waals surface area contributed by atoms with Gasteiger partial charge in [-0.3, -0.25) is 4.79 Å². The molecular weight excluding hydrogens is 180 g/mol. The van der Waals surface area contributed by atoms with Gasteiger partial charge in [0.1, 0.15) is 5.82 Å². The lowest BCUT2D eigenvalue weighted by Crippen LogP contribution is -2.00. The average Bonchev–Trinajstić information content (AvgIpc) is 2.57. The van der Waals surface area contributed by atoms with Gasteiger partial charge in [-0.05, 0) is 25.7 Å². The first-order valence-corrected chi connectivity index (χ1v) is 5.04. The maximum Gasteiger partial charge on any atom is 0.303 e. The van der Waals surface area contributed by atoms with E-state index in [9.17, 15) is 4.79 Å². The first-order valence-electron chi connectivity index (χ1n) is 5.04. The highest BCUT2D eigenvalue weighted by Gasteiger charge is 2.14. The highest BCUT2D eigenvalue weighted by atomic mass is 16.4. The maximum absolute atomic E-state index is 10.4. The maximum atomic E-state index is 10.4. The Balaban J connectivity index is 2.04. The Bertz CT molecular complexity index is 320. The predicted octanol–water partition coefficient (Wildman–Crippen LogP) is 1.31. The van der Waals surface area contributed by atoms with Gasteiger partial charge in [-0.25, -0.2) is 4.98 Å². The SMILES string of the molecule is O=C(O)CCc1nc2c([nH]1)CCCC2. The molecule has 4 nitrogen and oxygen atoms in total. The zero-order chi connectivity index (χ0) is 9.97. The Labute approximate surface area is 82.4 Å². The summed E-state index contributed by atoms with van der Waals surface area (Å²) in [7, 11) is 0. The lowest BCUT2D eigenvalue weighted by atomic mass is 10.0. The number of aliphatic carboxylic acids is 1. The highest BCUT2D eigenvalue weighted by Crippen LogP contribution is 2.18. The van der Waals surface area contributed by atoms with E-state index in [-0.39, 0.29) is 6.42 Å². The van der Waals surface area contributed by atoms with Crippen LogP contribution >= 0.6 is 0 Å². The van der Waals surface area contributed by atoms with Crippen LogP contribution in [0.3, 0.4) is 0 Å². The lowest BCUT2D eigenvalue weighted by molar-refractivity contribution is -0.137. The van der Waals surface area contributed by atoms with E-state index in [0.29, 0.717) is 6.42 Å². The second kappa shape index (κ2) is 3.82. The molecule has 1 aliphatic rings. The highest BCUT2D eigenvalue weighted by molar-refractivity contribution is 5.66. The number of nitrogens with zero attached hydrogens (tertiary/aromatic N) is 1. The molecular formula is C10H14N2O2. The summed E-state index contributed by atoms with van der Waals surface area (Å²) in [5.74, 6) is 0.0682. The van der Waals surface area contributed by atoms with Crippen LogP contribution in [0, 0.1) is 0 Å². The number of fused-ring (bicyclic) bond motifs is 1. The van der Waals surface area contributed by atoms with Gasteiger partial charge in [0, 0.05) is 12.1 Å². The molecule has 76 valence electrons. The number of aromatic amines is 1. The van der Waals surface area contributed by atoms with Gasteiger partial charge in [0.15, 0.2) is 0 Å². The molecule has 0 saturated heterocycles. The Kier molecular flexibility index (Phi) is 2.52. The molecule has 0 spiro atoms. The zero-order valence-electron chi connectivity index (χ0n) is 8.05. The zero-order valence-corrected chi connectivity index (χ0v) is 8.05. The molecule has 0 atom stereocenters. The Hall–Kier alpha value is -1.32. The predicted molar refractivity (Wildman–Crippen MR) is 51.2 cm³/mol.